The highest BCUT2D eigenvalue weighted by Crippen LogP contribution is 2.26. The Hall–Kier alpha value is -0.160. The summed E-state index contributed by atoms with van der Waals surface area (Å²) in [6.07, 6.45) is 32.0. The molecule has 4 saturated heterocycles. The fraction of sp³-hybridized carbons (Fsp3) is 1.00. The highest BCUT2D eigenvalue weighted by molar-refractivity contribution is 4.60. The molecule has 0 saturated carbocycles. The molecule has 4 rings (SSSR count). The number of unbranched alkanes of at least 4 members (excludes halogenated alkanes) is 6. The molecular weight excluding hydrogens is 560 g/mol. The zero-order valence-corrected chi connectivity index (χ0v) is 32.7. The molecule has 0 spiro atoms. The number of likely N-dealkylation sites (tertiary alicyclic amines) is 4. The van der Waals surface area contributed by atoms with Crippen molar-refractivity contribution in [3.8, 4) is 0 Å². The van der Waals surface area contributed by atoms with Gasteiger partial charge < -0.3 is 17.9 Å². The first-order valence-corrected chi connectivity index (χ1v) is 21.9. The molecule has 46 heavy (non-hydrogen) atoms. The molecule has 0 aromatic carbocycles. The van der Waals surface area contributed by atoms with Crippen LogP contribution in [0.4, 0.5) is 0 Å². The third-order valence-electron chi connectivity index (χ3n) is 13.5. The van der Waals surface area contributed by atoms with Crippen LogP contribution < -0.4 is 0 Å². The third kappa shape index (κ3) is 14.0. The number of piperidine rings is 2. The van der Waals surface area contributed by atoms with Gasteiger partial charge in [0.1, 0.15) is 0 Å². The van der Waals surface area contributed by atoms with Gasteiger partial charge in [0.25, 0.3) is 0 Å². The molecule has 0 aromatic rings. The van der Waals surface area contributed by atoms with Crippen molar-refractivity contribution >= 4 is 0 Å². The summed E-state index contributed by atoms with van der Waals surface area (Å²) in [5, 5.41) is 0. The summed E-state index contributed by atoms with van der Waals surface area (Å²) in [6.45, 7) is 33.1. The molecule has 4 nitrogen and oxygen atoms in total. The van der Waals surface area contributed by atoms with Crippen molar-refractivity contribution < 1.29 is 17.9 Å². The molecular formula is C42H88N4+4. The minimum absolute atomic E-state index is 1.37. The smallest absolute Gasteiger partial charge is 0.0788 e. The minimum Gasteiger partial charge on any atom is -0.324 e. The van der Waals surface area contributed by atoms with E-state index in [1.807, 2.05) is 0 Å². The van der Waals surface area contributed by atoms with Crippen LogP contribution in [0.5, 0.6) is 0 Å². The van der Waals surface area contributed by atoms with Crippen molar-refractivity contribution in [2.45, 2.75) is 169 Å². The molecule has 0 unspecified atom stereocenters. The van der Waals surface area contributed by atoms with Crippen LogP contribution in [0.25, 0.3) is 0 Å². The molecule has 0 amide bonds. The van der Waals surface area contributed by atoms with Gasteiger partial charge in [0.15, 0.2) is 0 Å². The van der Waals surface area contributed by atoms with Crippen molar-refractivity contribution in [2.75, 3.05) is 105 Å². The van der Waals surface area contributed by atoms with Crippen molar-refractivity contribution in [3.05, 3.63) is 0 Å². The molecule has 0 N–H and O–H groups in total. The number of quaternary nitrogens is 4. The lowest BCUT2D eigenvalue weighted by Crippen LogP contribution is -2.54. The van der Waals surface area contributed by atoms with Crippen molar-refractivity contribution in [1.82, 2.24) is 0 Å². The van der Waals surface area contributed by atoms with Gasteiger partial charge in [-0.15, -0.1) is 0 Å². The second kappa shape index (κ2) is 22.5. The van der Waals surface area contributed by atoms with Crippen LogP contribution in [0, 0.1) is 0 Å². The largest absolute Gasteiger partial charge is 0.324 e. The van der Waals surface area contributed by atoms with E-state index >= 15 is 0 Å². The summed E-state index contributed by atoms with van der Waals surface area (Å²) < 4.78 is 5.90. The van der Waals surface area contributed by atoms with E-state index in [-0.39, 0.29) is 0 Å². The highest BCUT2D eigenvalue weighted by atomic mass is 15.4. The van der Waals surface area contributed by atoms with Crippen LogP contribution >= 0.6 is 0 Å². The van der Waals surface area contributed by atoms with E-state index in [2.05, 4.69) is 27.7 Å². The van der Waals surface area contributed by atoms with Gasteiger partial charge in [0.05, 0.1) is 105 Å². The Kier molecular flexibility index (Phi) is 19.7. The summed E-state index contributed by atoms with van der Waals surface area (Å²) in [7, 11) is 0. The normalized spacial score (nSPS) is 23.2. The molecule has 272 valence electrons. The predicted molar refractivity (Wildman–Crippen MR) is 203 cm³/mol. The molecule has 4 fully saturated rings. The van der Waals surface area contributed by atoms with Crippen molar-refractivity contribution in [3.63, 3.8) is 0 Å². The van der Waals surface area contributed by atoms with Crippen molar-refractivity contribution in [1.29, 1.82) is 0 Å². The van der Waals surface area contributed by atoms with Crippen molar-refractivity contribution in [2.24, 2.45) is 0 Å². The van der Waals surface area contributed by atoms with Gasteiger partial charge in [-0.2, -0.15) is 0 Å². The van der Waals surface area contributed by atoms with Gasteiger partial charge in [0.2, 0.25) is 0 Å². The van der Waals surface area contributed by atoms with Crippen LogP contribution in [-0.2, 0) is 0 Å². The number of hydrogen-bond donors (Lipinski definition) is 0. The Labute approximate surface area is 291 Å². The average molecular weight is 649 g/mol. The number of hydrogen-bond acceptors (Lipinski definition) is 0. The van der Waals surface area contributed by atoms with Crippen LogP contribution in [0.2, 0.25) is 0 Å². The molecule has 0 aromatic heterocycles. The lowest BCUT2D eigenvalue weighted by molar-refractivity contribution is -0.938. The molecule has 0 atom stereocenters. The Morgan fingerprint density at radius 2 is 0.413 bits per heavy atom. The van der Waals surface area contributed by atoms with Crippen LogP contribution in [-0.4, -0.2) is 123 Å². The topological polar surface area (TPSA) is 0 Å². The maximum Gasteiger partial charge on any atom is 0.0788 e. The fourth-order valence-electron chi connectivity index (χ4n) is 10.4. The van der Waals surface area contributed by atoms with Gasteiger partial charge in [-0.1, -0.05) is 53.4 Å². The Morgan fingerprint density at radius 3 is 0.609 bits per heavy atom. The Morgan fingerprint density at radius 1 is 0.239 bits per heavy atom. The Bertz CT molecular complexity index is 664. The molecule has 0 radical (unpaired) electrons. The molecule has 4 aliphatic heterocycles. The van der Waals surface area contributed by atoms with Crippen LogP contribution in [0.1, 0.15) is 169 Å². The summed E-state index contributed by atoms with van der Waals surface area (Å²) in [6, 6.07) is 0. The predicted octanol–water partition coefficient (Wildman–Crippen LogP) is 9.96. The van der Waals surface area contributed by atoms with Gasteiger partial charge in [-0.05, 0) is 64.2 Å². The maximum absolute atomic E-state index is 2.36. The van der Waals surface area contributed by atoms with E-state index in [9.17, 15) is 0 Å². The second-order valence-corrected chi connectivity index (χ2v) is 17.3. The zero-order valence-electron chi connectivity index (χ0n) is 32.7. The SMILES string of the molecule is CCCC[N+]1(CCCC[N+]2(CCCC)CCCC2)CCCC1.CCCC[N+]1(CCCC[N+]2(CCCC)CCCCC2)CCCCC1. The zero-order chi connectivity index (χ0) is 32.9. The van der Waals surface area contributed by atoms with Crippen LogP contribution in [0.15, 0.2) is 0 Å². The van der Waals surface area contributed by atoms with Crippen LogP contribution in [0.3, 0.4) is 0 Å². The third-order valence-corrected chi connectivity index (χ3v) is 13.5. The number of nitrogens with zero attached hydrogens (tertiary/aromatic N) is 4. The maximum atomic E-state index is 2.36. The molecule has 4 heteroatoms. The first-order chi connectivity index (χ1) is 22.5. The quantitative estimate of drug-likeness (QED) is 0.0810. The van der Waals surface area contributed by atoms with Gasteiger partial charge in [-0.3, -0.25) is 0 Å². The van der Waals surface area contributed by atoms with Gasteiger partial charge in [-0.25, -0.2) is 0 Å². The molecule has 0 bridgehead atoms. The average Bonchev–Trinajstić information content (AvgIpc) is 3.77. The summed E-state index contributed by atoms with van der Waals surface area (Å²) in [4.78, 5) is 0. The lowest BCUT2D eigenvalue weighted by Gasteiger charge is -2.43. The van der Waals surface area contributed by atoms with Gasteiger partial charge in [0, 0.05) is 51.4 Å². The van der Waals surface area contributed by atoms with E-state index in [1.54, 1.807) is 0 Å². The summed E-state index contributed by atoms with van der Waals surface area (Å²) in [5.74, 6) is 0. The molecule has 0 aliphatic carbocycles. The first kappa shape index (κ1) is 40.3. The van der Waals surface area contributed by atoms with E-state index in [4.69, 9.17) is 0 Å². The second-order valence-electron chi connectivity index (χ2n) is 17.3. The highest BCUT2D eigenvalue weighted by Gasteiger charge is 2.34. The molecule has 4 aliphatic rings. The first-order valence-electron chi connectivity index (χ1n) is 21.9. The standard InChI is InChI=1S/C22H46N2.C20H42N2/c1-3-5-15-23(17-9-7-10-18-23)21-13-14-22-24(16-6-4-2)19-11-8-12-20-24;1-3-5-13-21(15-7-8-16-21)19-11-12-20-22(14-6-4-2)17-9-10-18-22/h3-22H2,1-2H3;3-20H2,1-2H3/q2*+2. The van der Waals surface area contributed by atoms with E-state index in [0.29, 0.717) is 0 Å². The lowest BCUT2D eigenvalue weighted by atomic mass is 10.0. The molecule has 4 heterocycles. The fourth-order valence-corrected chi connectivity index (χ4v) is 10.4. The van der Waals surface area contributed by atoms with E-state index in [0.717, 1.165) is 0 Å². The minimum atomic E-state index is 1.37. The number of rotatable bonds is 22. The van der Waals surface area contributed by atoms with E-state index in [1.165, 1.54) is 264 Å². The summed E-state index contributed by atoms with van der Waals surface area (Å²) >= 11 is 0. The monoisotopic (exact) mass is 649 g/mol. The van der Waals surface area contributed by atoms with Gasteiger partial charge >= 0.3 is 0 Å². The summed E-state index contributed by atoms with van der Waals surface area (Å²) in [5.41, 5.74) is 0. The Balaban J connectivity index is 0.000000251. The van der Waals surface area contributed by atoms with E-state index < -0.39 is 0 Å².